The maximum absolute atomic E-state index is 13.0. The Bertz CT molecular complexity index is 302. The van der Waals surface area contributed by atoms with Gasteiger partial charge in [-0.2, -0.15) is 0 Å². The monoisotopic (exact) mass is 185 g/mol. The first-order valence-corrected chi connectivity index (χ1v) is 4.01. The number of ether oxygens (including phenoxy) is 1. The zero-order valence-corrected chi connectivity index (χ0v) is 7.38. The van der Waals surface area contributed by atoms with Crippen molar-refractivity contribution < 1.29 is 14.2 Å². The summed E-state index contributed by atoms with van der Waals surface area (Å²) in [7, 11) is 0. The van der Waals surface area contributed by atoms with E-state index in [0.29, 0.717) is 12.4 Å². The molecule has 0 amide bonds. The van der Waals surface area contributed by atoms with Gasteiger partial charge < -0.3 is 15.6 Å². The molecule has 0 heterocycles. The summed E-state index contributed by atoms with van der Waals surface area (Å²) in [6, 6.07) is 2.68. The van der Waals surface area contributed by atoms with Crippen molar-refractivity contribution in [3.05, 3.63) is 23.5 Å². The molecule has 1 aromatic rings. The molecular weight excluding hydrogens is 173 g/mol. The smallest absolute Gasteiger partial charge is 0.142 e. The van der Waals surface area contributed by atoms with Gasteiger partial charge in [0.2, 0.25) is 0 Å². The van der Waals surface area contributed by atoms with Crippen LogP contribution in [0.3, 0.4) is 0 Å². The van der Waals surface area contributed by atoms with Gasteiger partial charge in [0, 0.05) is 5.56 Å². The number of nitrogens with two attached hydrogens (primary N) is 1. The average Bonchev–Trinajstić information content (AvgIpc) is 2.11. The van der Waals surface area contributed by atoms with Gasteiger partial charge in [-0.25, -0.2) is 4.39 Å². The predicted octanol–water partition coefficient (Wildman–Crippen LogP) is 1.30. The van der Waals surface area contributed by atoms with E-state index in [-0.39, 0.29) is 11.3 Å². The first kappa shape index (κ1) is 9.80. The van der Waals surface area contributed by atoms with Crippen molar-refractivity contribution in [3.8, 4) is 5.75 Å². The number of halogens is 1. The van der Waals surface area contributed by atoms with Crippen molar-refractivity contribution >= 4 is 5.69 Å². The Hall–Kier alpha value is -1.29. The minimum atomic E-state index is -0.511. The molecule has 0 saturated carbocycles. The fourth-order valence-electron chi connectivity index (χ4n) is 1.06. The molecule has 0 fully saturated rings. The maximum atomic E-state index is 13.0. The fourth-order valence-corrected chi connectivity index (χ4v) is 1.06. The van der Waals surface area contributed by atoms with E-state index in [0.717, 1.165) is 0 Å². The van der Waals surface area contributed by atoms with E-state index < -0.39 is 12.4 Å². The summed E-state index contributed by atoms with van der Waals surface area (Å²) in [6.07, 6.45) is 0. The van der Waals surface area contributed by atoms with Crippen LogP contribution in [-0.4, -0.2) is 11.7 Å². The second-order valence-corrected chi connectivity index (χ2v) is 2.53. The Labute approximate surface area is 75.9 Å². The van der Waals surface area contributed by atoms with Crippen molar-refractivity contribution in [2.24, 2.45) is 0 Å². The molecule has 0 aliphatic heterocycles. The SMILES string of the molecule is CCOc1ccc(F)c(CO)c1N. The van der Waals surface area contributed by atoms with Crippen molar-refractivity contribution in [3.63, 3.8) is 0 Å². The van der Waals surface area contributed by atoms with Crippen LogP contribution in [0, 0.1) is 5.82 Å². The molecule has 0 bridgehead atoms. The van der Waals surface area contributed by atoms with Gasteiger partial charge in [0.15, 0.2) is 0 Å². The summed E-state index contributed by atoms with van der Waals surface area (Å²) in [4.78, 5) is 0. The molecule has 0 radical (unpaired) electrons. The summed E-state index contributed by atoms with van der Waals surface area (Å²) in [5.41, 5.74) is 5.82. The van der Waals surface area contributed by atoms with E-state index in [1.54, 1.807) is 6.92 Å². The van der Waals surface area contributed by atoms with Crippen molar-refractivity contribution in [1.82, 2.24) is 0 Å². The molecule has 0 atom stereocenters. The lowest BCUT2D eigenvalue weighted by Crippen LogP contribution is -2.02. The number of anilines is 1. The first-order valence-electron chi connectivity index (χ1n) is 4.01. The lowest BCUT2D eigenvalue weighted by Gasteiger charge is -2.10. The largest absolute Gasteiger partial charge is 0.492 e. The Morgan fingerprint density at radius 3 is 2.77 bits per heavy atom. The van der Waals surface area contributed by atoms with Gasteiger partial charge in [0.1, 0.15) is 11.6 Å². The van der Waals surface area contributed by atoms with Gasteiger partial charge in [-0.15, -0.1) is 0 Å². The molecule has 1 aromatic carbocycles. The molecular formula is C9H12FNO2. The topological polar surface area (TPSA) is 55.5 Å². The van der Waals surface area contributed by atoms with Gasteiger partial charge >= 0.3 is 0 Å². The molecule has 72 valence electrons. The van der Waals surface area contributed by atoms with Gasteiger partial charge in [-0.05, 0) is 19.1 Å². The van der Waals surface area contributed by atoms with Crippen LogP contribution in [0.4, 0.5) is 10.1 Å². The zero-order valence-electron chi connectivity index (χ0n) is 7.38. The van der Waals surface area contributed by atoms with E-state index in [1.807, 2.05) is 0 Å². The highest BCUT2D eigenvalue weighted by Crippen LogP contribution is 2.27. The highest BCUT2D eigenvalue weighted by Gasteiger charge is 2.10. The minimum Gasteiger partial charge on any atom is -0.492 e. The third-order valence-electron chi connectivity index (χ3n) is 1.72. The summed E-state index contributed by atoms with van der Waals surface area (Å²) < 4.78 is 18.1. The molecule has 4 heteroatoms. The molecule has 0 aliphatic rings. The molecule has 13 heavy (non-hydrogen) atoms. The quantitative estimate of drug-likeness (QED) is 0.698. The molecule has 0 aromatic heterocycles. The standard InChI is InChI=1S/C9H12FNO2/c1-2-13-8-4-3-7(10)6(5-12)9(8)11/h3-4,12H,2,5,11H2,1H3. The molecule has 0 saturated heterocycles. The number of aliphatic hydroxyl groups excluding tert-OH is 1. The van der Waals surface area contributed by atoms with Crippen molar-refractivity contribution in [1.29, 1.82) is 0 Å². The van der Waals surface area contributed by atoms with E-state index in [1.165, 1.54) is 12.1 Å². The normalized spacial score (nSPS) is 10.1. The minimum absolute atomic E-state index is 0.0888. The highest BCUT2D eigenvalue weighted by molar-refractivity contribution is 5.58. The van der Waals surface area contributed by atoms with Gasteiger partial charge in [0.05, 0.1) is 18.9 Å². The molecule has 0 spiro atoms. The summed E-state index contributed by atoms with van der Waals surface area (Å²) in [5, 5.41) is 8.82. The van der Waals surface area contributed by atoms with E-state index in [4.69, 9.17) is 15.6 Å². The van der Waals surface area contributed by atoms with Crippen molar-refractivity contribution in [2.45, 2.75) is 13.5 Å². The number of hydrogen-bond acceptors (Lipinski definition) is 3. The first-order chi connectivity index (χ1) is 6.20. The highest BCUT2D eigenvalue weighted by atomic mass is 19.1. The number of aliphatic hydroxyl groups is 1. The molecule has 0 unspecified atom stereocenters. The second-order valence-electron chi connectivity index (χ2n) is 2.53. The Balaban J connectivity index is 3.11. The van der Waals surface area contributed by atoms with Crippen LogP contribution >= 0.6 is 0 Å². The lowest BCUT2D eigenvalue weighted by molar-refractivity contribution is 0.275. The van der Waals surface area contributed by atoms with E-state index >= 15 is 0 Å². The second kappa shape index (κ2) is 4.09. The van der Waals surface area contributed by atoms with Crippen LogP contribution in [0.15, 0.2) is 12.1 Å². The third-order valence-corrected chi connectivity index (χ3v) is 1.72. The van der Waals surface area contributed by atoms with Crippen LogP contribution in [0.25, 0.3) is 0 Å². The van der Waals surface area contributed by atoms with Crippen LogP contribution in [-0.2, 0) is 6.61 Å². The van der Waals surface area contributed by atoms with Crippen LogP contribution in [0.2, 0.25) is 0 Å². The van der Waals surface area contributed by atoms with Gasteiger partial charge in [-0.1, -0.05) is 0 Å². The fraction of sp³-hybridized carbons (Fsp3) is 0.333. The number of hydrogen-bond donors (Lipinski definition) is 2. The molecule has 1 rings (SSSR count). The Morgan fingerprint density at radius 1 is 1.54 bits per heavy atom. The van der Waals surface area contributed by atoms with Crippen LogP contribution < -0.4 is 10.5 Å². The Morgan fingerprint density at radius 2 is 2.23 bits per heavy atom. The Kier molecular flexibility index (Phi) is 3.08. The molecule has 3 N–H and O–H groups in total. The lowest BCUT2D eigenvalue weighted by atomic mass is 10.1. The number of rotatable bonds is 3. The van der Waals surface area contributed by atoms with Crippen LogP contribution in [0.1, 0.15) is 12.5 Å². The van der Waals surface area contributed by atoms with Gasteiger partial charge in [-0.3, -0.25) is 0 Å². The summed E-state index contributed by atoms with van der Waals surface area (Å²) in [6.45, 7) is 1.85. The maximum Gasteiger partial charge on any atom is 0.142 e. The molecule has 0 aliphatic carbocycles. The third kappa shape index (κ3) is 1.89. The molecule has 3 nitrogen and oxygen atoms in total. The average molecular weight is 185 g/mol. The van der Waals surface area contributed by atoms with Crippen LogP contribution in [0.5, 0.6) is 5.75 Å². The summed E-state index contributed by atoms with van der Waals surface area (Å²) >= 11 is 0. The zero-order chi connectivity index (χ0) is 9.84. The van der Waals surface area contributed by atoms with Crippen molar-refractivity contribution in [2.75, 3.05) is 12.3 Å². The predicted molar refractivity (Wildman–Crippen MR) is 47.9 cm³/mol. The van der Waals surface area contributed by atoms with Gasteiger partial charge in [0.25, 0.3) is 0 Å². The van der Waals surface area contributed by atoms with E-state index in [9.17, 15) is 4.39 Å². The summed E-state index contributed by atoms with van der Waals surface area (Å²) in [5.74, 6) is -0.101. The number of benzene rings is 1. The number of nitrogen functional groups attached to an aromatic ring is 1. The van der Waals surface area contributed by atoms with E-state index in [2.05, 4.69) is 0 Å².